The Balaban J connectivity index is 1.37. The molecule has 24 heavy (non-hydrogen) atoms. The maximum absolute atomic E-state index is 12.5. The zero-order valence-electron chi connectivity index (χ0n) is 13.6. The van der Waals surface area contributed by atoms with Crippen molar-refractivity contribution in [2.75, 3.05) is 26.3 Å². The Morgan fingerprint density at radius 2 is 2.17 bits per heavy atom. The molecule has 2 aliphatic heterocycles. The summed E-state index contributed by atoms with van der Waals surface area (Å²) in [5, 5.41) is 2.08. The molecule has 0 unspecified atom stereocenters. The minimum Gasteiger partial charge on any atom is -0.381 e. The Morgan fingerprint density at radius 1 is 1.29 bits per heavy atom. The van der Waals surface area contributed by atoms with Crippen molar-refractivity contribution in [3.63, 3.8) is 0 Å². The van der Waals surface area contributed by atoms with Crippen molar-refractivity contribution in [1.82, 2.24) is 19.4 Å². The molecular weight excluding hydrogens is 324 g/mol. The molecule has 0 aliphatic carbocycles. The van der Waals surface area contributed by atoms with E-state index < -0.39 is 0 Å². The molecule has 2 aromatic rings. The van der Waals surface area contributed by atoms with Gasteiger partial charge in [0.15, 0.2) is 0 Å². The van der Waals surface area contributed by atoms with Gasteiger partial charge in [-0.25, -0.2) is 9.97 Å². The summed E-state index contributed by atoms with van der Waals surface area (Å²) in [6.45, 7) is 3.74. The van der Waals surface area contributed by atoms with Crippen molar-refractivity contribution in [3.8, 4) is 0 Å². The first kappa shape index (κ1) is 15.8. The molecule has 0 radical (unpaired) electrons. The quantitative estimate of drug-likeness (QED) is 0.851. The second-order valence-electron chi connectivity index (χ2n) is 6.55. The number of rotatable bonds is 4. The van der Waals surface area contributed by atoms with Gasteiger partial charge in [0.1, 0.15) is 5.82 Å². The van der Waals surface area contributed by atoms with Crippen LogP contribution in [-0.4, -0.2) is 51.6 Å². The van der Waals surface area contributed by atoms with Gasteiger partial charge in [-0.3, -0.25) is 4.79 Å². The number of hydrogen-bond acceptors (Lipinski definition) is 5. The monoisotopic (exact) mass is 346 g/mol. The maximum atomic E-state index is 12.5. The number of carbonyl (C=O) groups excluding carboxylic acids is 1. The molecule has 4 rings (SSSR count). The summed E-state index contributed by atoms with van der Waals surface area (Å²) in [5.74, 6) is 1.90. The number of imidazole rings is 1. The minimum atomic E-state index is 0.0770. The number of amides is 1. The third kappa shape index (κ3) is 3.23. The fourth-order valence-corrected chi connectivity index (χ4v) is 4.20. The first-order chi connectivity index (χ1) is 11.8. The average Bonchev–Trinajstić information content (AvgIpc) is 3.37. The molecule has 4 heterocycles. The molecular formula is C17H22N4O2S. The van der Waals surface area contributed by atoms with E-state index in [9.17, 15) is 4.79 Å². The van der Waals surface area contributed by atoms with Crippen LogP contribution in [0.4, 0.5) is 0 Å². The second-order valence-corrected chi connectivity index (χ2v) is 7.27. The van der Waals surface area contributed by atoms with Gasteiger partial charge in [-0.2, -0.15) is 0 Å². The highest BCUT2D eigenvalue weighted by molar-refractivity contribution is 7.07. The topological polar surface area (TPSA) is 60.2 Å². The lowest BCUT2D eigenvalue weighted by Gasteiger charge is -2.33. The van der Waals surface area contributed by atoms with Gasteiger partial charge in [-0.1, -0.05) is 0 Å². The number of ether oxygens (including phenoxy) is 1. The van der Waals surface area contributed by atoms with Crippen LogP contribution in [0.25, 0.3) is 0 Å². The molecule has 0 spiro atoms. The molecule has 7 heteroatoms. The highest BCUT2D eigenvalue weighted by atomic mass is 32.1. The average molecular weight is 346 g/mol. The predicted molar refractivity (Wildman–Crippen MR) is 90.9 cm³/mol. The molecule has 128 valence electrons. The van der Waals surface area contributed by atoms with Gasteiger partial charge in [0.25, 0.3) is 0 Å². The second kappa shape index (κ2) is 7.03. The molecule has 2 saturated heterocycles. The van der Waals surface area contributed by atoms with Gasteiger partial charge in [0, 0.05) is 43.4 Å². The number of likely N-dealkylation sites (tertiary alicyclic amines) is 1. The summed E-state index contributed by atoms with van der Waals surface area (Å²) in [4.78, 5) is 23.5. The van der Waals surface area contributed by atoms with E-state index in [0.29, 0.717) is 12.5 Å². The van der Waals surface area contributed by atoms with Gasteiger partial charge in [-0.05, 0) is 19.3 Å². The van der Waals surface area contributed by atoms with Gasteiger partial charge < -0.3 is 14.2 Å². The lowest BCUT2D eigenvalue weighted by atomic mass is 9.94. The fourth-order valence-electron chi connectivity index (χ4n) is 3.65. The van der Waals surface area contributed by atoms with Crippen molar-refractivity contribution in [3.05, 3.63) is 34.8 Å². The molecule has 0 saturated carbocycles. The summed E-state index contributed by atoms with van der Waals surface area (Å²) in [6.07, 6.45) is 6.73. The molecule has 6 nitrogen and oxygen atoms in total. The van der Waals surface area contributed by atoms with E-state index in [-0.39, 0.29) is 11.8 Å². The Morgan fingerprint density at radius 3 is 2.88 bits per heavy atom. The van der Waals surface area contributed by atoms with E-state index in [2.05, 4.69) is 19.9 Å². The highest BCUT2D eigenvalue weighted by Crippen LogP contribution is 2.29. The summed E-state index contributed by atoms with van der Waals surface area (Å²) in [7, 11) is 0. The Kier molecular flexibility index (Phi) is 4.62. The SMILES string of the molecule is O=C([C@@H]1CCOC1)N1CCC(c2nccn2Cc2cscn2)CC1. The van der Waals surface area contributed by atoms with E-state index in [1.54, 1.807) is 11.3 Å². The molecule has 1 amide bonds. The summed E-state index contributed by atoms with van der Waals surface area (Å²) < 4.78 is 7.55. The Hall–Kier alpha value is -1.73. The van der Waals surface area contributed by atoms with Crippen LogP contribution in [0.15, 0.2) is 23.3 Å². The van der Waals surface area contributed by atoms with Crippen LogP contribution in [-0.2, 0) is 16.1 Å². The third-order valence-corrected chi connectivity index (χ3v) is 5.65. The molecule has 1 atom stereocenters. The van der Waals surface area contributed by atoms with E-state index in [1.165, 1.54) is 0 Å². The van der Waals surface area contributed by atoms with Crippen LogP contribution in [0, 0.1) is 5.92 Å². The van der Waals surface area contributed by atoms with Gasteiger partial charge >= 0.3 is 0 Å². The third-order valence-electron chi connectivity index (χ3n) is 5.01. The van der Waals surface area contributed by atoms with Crippen LogP contribution in [0.5, 0.6) is 0 Å². The standard InChI is InChI=1S/C17H22N4O2S/c22-17(14-3-8-23-10-14)20-5-1-13(2-6-20)16-18-4-7-21(16)9-15-11-24-12-19-15/h4,7,11-14H,1-3,5-6,8-10H2/t14-/m1/s1. The number of nitrogens with zero attached hydrogens (tertiary/aromatic N) is 4. The maximum Gasteiger partial charge on any atom is 0.228 e. The van der Waals surface area contributed by atoms with Crippen molar-refractivity contribution in [2.45, 2.75) is 31.7 Å². The lowest BCUT2D eigenvalue weighted by Crippen LogP contribution is -2.41. The smallest absolute Gasteiger partial charge is 0.228 e. The van der Waals surface area contributed by atoms with Crippen molar-refractivity contribution < 1.29 is 9.53 Å². The Labute approximate surface area is 145 Å². The lowest BCUT2D eigenvalue weighted by molar-refractivity contribution is -0.136. The largest absolute Gasteiger partial charge is 0.381 e. The van der Waals surface area contributed by atoms with Gasteiger partial charge in [0.2, 0.25) is 5.91 Å². The van der Waals surface area contributed by atoms with E-state index in [1.807, 2.05) is 22.8 Å². The Bertz CT molecular complexity index is 671. The summed E-state index contributed by atoms with van der Waals surface area (Å²) in [6, 6.07) is 0. The van der Waals surface area contributed by atoms with Crippen molar-refractivity contribution in [2.24, 2.45) is 5.92 Å². The highest BCUT2D eigenvalue weighted by Gasteiger charge is 2.31. The molecule has 2 fully saturated rings. The normalized spacial score (nSPS) is 22.2. The van der Waals surface area contributed by atoms with E-state index in [0.717, 1.165) is 57.0 Å². The zero-order chi connectivity index (χ0) is 16.4. The van der Waals surface area contributed by atoms with Crippen molar-refractivity contribution >= 4 is 17.2 Å². The van der Waals surface area contributed by atoms with E-state index in [4.69, 9.17) is 4.74 Å². The van der Waals surface area contributed by atoms with Crippen molar-refractivity contribution in [1.29, 1.82) is 0 Å². The van der Waals surface area contributed by atoms with Crippen LogP contribution >= 0.6 is 11.3 Å². The molecule has 2 aliphatic rings. The van der Waals surface area contributed by atoms with Crippen LogP contribution in [0.3, 0.4) is 0 Å². The first-order valence-electron chi connectivity index (χ1n) is 8.56. The van der Waals surface area contributed by atoms with Gasteiger partial charge in [-0.15, -0.1) is 11.3 Å². The molecule has 2 aromatic heterocycles. The van der Waals surface area contributed by atoms with Crippen LogP contribution < -0.4 is 0 Å². The number of carbonyl (C=O) groups is 1. The number of piperidine rings is 1. The number of hydrogen-bond donors (Lipinski definition) is 0. The van der Waals surface area contributed by atoms with Crippen LogP contribution in [0.2, 0.25) is 0 Å². The van der Waals surface area contributed by atoms with Crippen LogP contribution in [0.1, 0.15) is 36.7 Å². The molecule has 0 bridgehead atoms. The summed E-state index contributed by atoms with van der Waals surface area (Å²) in [5.41, 5.74) is 2.94. The minimum absolute atomic E-state index is 0.0770. The fraction of sp³-hybridized carbons (Fsp3) is 0.588. The number of thiazole rings is 1. The first-order valence-corrected chi connectivity index (χ1v) is 9.50. The van der Waals surface area contributed by atoms with Gasteiger partial charge in [0.05, 0.1) is 30.3 Å². The van der Waals surface area contributed by atoms with E-state index >= 15 is 0 Å². The predicted octanol–water partition coefficient (Wildman–Crippen LogP) is 2.13. The zero-order valence-corrected chi connectivity index (χ0v) is 14.5. The number of aromatic nitrogens is 3. The molecule has 0 aromatic carbocycles. The molecule has 0 N–H and O–H groups in total. The summed E-state index contributed by atoms with van der Waals surface area (Å²) >= 11 is 1.62.